The number of aromatic nitrogens is 3. The lowest BCUT2D eigenvalue weighted by atomic mass is 9.89. The van der Waals surface area contributed by atoms with E-state index in [1.54, 1.807) is 25.0 Å². The van der Waals surface area contributed by atoms with Gasteiger partial charge >= 0.3 is 7.05 Å². The summed E-state index contributed by atoms with van der Waals surface area (Å²) in [6.07, 6.45) is 1.36. The van der Waals surface area contributed by atoms with Crippen molar-refractivity contribution >= 4 is 36.1 Å². The third-order valence-corrected chi connectivity index (χ3v) is 2.20. The molecule has 8 heteroatoms. The van der Waals surface area contributed by atoms with Crippen molar-refractivity contribution in [2.24, 2.45) is 0 Å². The highest BCUT2D eigenvalue weighted by atomic mass is 35.5. The van der Waals surface area contributed by atoms with E-state index < -0.39 is 7.05 Å². The van der Waals surface area contributed by atoms with Crippen LogP contribution in [0.25, 0.3) is 0 Å². The van der Waals surface area contributed by atoms with Crippen LogP contribution in [0.15, 0.2) is 30.6 Å². The summed E-state index contributed by atoms with van der Waals surface area (Å²) >= 11 is 5.75. The van der Waals surface area contributed by atoms with Gasteiger partial charge in [0.25, 0.3) is 0 Å². The Kier molecular flexibility index (Phi) is 3.96. The van der Waals surface area contributed by atoms with Crippen molar-refractivity contribution in [2.75, 3.05) is 10.5 Å². The number of nitrogens with one attached hydrogen (secondary N) is 2. The summed E-state index contributed by atoms with van der Waals surface area (Å²) in [6.45, 7) is 1.62. The Balaban J connectivity index is 2.14. The predicted molar refractivity (Wildman–Crippen MR) is 72.0 cm³/mol. The maximum Gasteiger partial charge on any atom is 0.408 e. The lowest BCUT2D eigenvalue weighted by molar-refractivity contribution is 0.586. The van der Waals surface area contributed by atoms with Crippen molar-refractivity contribution in [1.82, 2.24) is 15.0 Å². The highest BCUT2D eigenvalue weighted by molar-refractivity contribution is 6.52. The van der Waals surface area contributed by atoms with Crippen LogP contribution < -0.4 is 10.5 Å². The van der Waals surface area contributed by atoms with Gasteiger partial charge in [0.1, 0.15) is 28.9 Å². The third-order valence-electron chi connectivity index (χ3n) is 2.00. The fourth-order valence-corrected chi connectivity index (χ4v) is 1.48. The van der Waals surface area contributed by atoms with Gasteiger partial charge in [0.05, 0.1) is 0 Å². The highest BCUT2D eigenvalue weighted by Crippen LogP contribution is 2.16. The third kappa shape index (κ3) is 3.58. The van der Waals surface area contributed by atoms with E-state index in [2.05, 4.69) is 25.5 Å². The minimum absolute atomic E-state index is 0.353. The van der Waals surface area contributed by atoms with Gasteiger partial charge in [-0.05, 0) is 19.0 Å². The van der Waals surface area contributed by atoms with Crippen LogP contribution in [0.1, 0.15) is 0 Å². The zero-order chi connectivity index (χ0) is 13.0. The Morgan fingerprint density at radius 2 is 2.00 bits per heavy atom. The summed E-state index contributed by atoms with van der Waals surface area (Å²) in [5, 5.41) is 15.3. The maximum absolute atomic E-state index is 9.21. The van der Waals surface area contributed by atoms with Crippen LogP contribution in [0.5, 0.6) is 0 Å². The standard InChI is InChI=1S/C10H11BClN5O/c1-11(18)17-9-4-2-3-8(15-9)16-10-5-7(12)13-6-14-10/h2-6,18H,1H3,(H2,13,14,15,16,17). The van der Waals surface area contributed by atoms with Crippen molar-refractivity contribution in [3.05, 3.63) is 35.7 Å². The molecule has 0 atom stereocenters. The lowest BCUT2D eigenvalue weighted by Gasteiger charge is -2.08. The van der Waals surface area contributed by atoms with E-state index in [1.165, 1.54) is 6.33 Å². The van der Waals surface area contributed by atoms with Gasteiger partial charge in [-0.3, -0.25) is 0 Å². The van der Waals surface area contributed by atoms with Gasteiger partial charge in [0, 0.05) is 6.07 Å². The molecule has 0 bridgehead atoms. The first kappa shape index (κ1) is 12.6. The van der Waals surface area contributed by atoms with Gasteiger partial charge in [-0.25, -0.2) is 15.0 Å². The molecular formula is C10H11BClN5O. The molecule has 0 spiro atoms. The Hall–Kier alpha value is -1.86. The molecule has 2 aromatic rings. The molecule has 18 heavy (non-hydrogen) atoms. The van der Waals surface area contributed by atoms with E-state index in [1.807, 2.05) is 6.07 Å². The van der Waals surface area contributed by atoms with Crippen LogP contribution in [0.4, 0.5) is 17.5 Å². The normalized spacial score (nSPS) is 9.94. The zero-order valence-corrected chi connectivity index (χ0v) is 10.4. The van der Waals surface area contributed by atoms with E-state index in [-0.39, 0.29) is 0 Å². The second-order valence-corrected chi connectivity index (χ2v) is 3.97. The molecule has 0 aromatic carbocycles. The zero-order valence-electron chi connectivity index (χ0n) is 9.63. The average molecular weight is 263 g/mol. The second-order valence-electron chi connectivity index (χ2n) is 3.58. The molecular weight excluding hydrogens is 252 g/mol. The SMILES string of the molecule is CB(O)Nc1cccc(Nc2cc(Cl)ncn2)n1. The molecule has 0 fully saturated rings. The largest absolute Gasteiger partial charge is 0.433 e. The molecule has 2 aromatic heterocycles. The molecule has 0 saturated carbocycles. The molecule has 0 unspecified atom stereocenters. The van der Waals surface area contributed by atoms with E-state index in [0.29, 0.717) is 22.6 Å². The molecule has 0 aliphatic heterocycles. The summed E-state index contributed by atoms with van der Waals surface area (Å²) in [4.78, 5) is 12.0. The number of hydrogen-bond acceptors (Lipinski definition) is 6. The molecule has 6 nitrogen and oxygen atoms in total. The molecule has 0 aliphatic carbocycles. The van der Waals surface area contributed by atoms with E-state index in [0.717, 1.165) is 0 Å². The molecule has 0 aliphatic rings. The summed E-state index contributed by atoms with van der Waals surface area (Å²) in [6, 6.07) is 6.94. The Labute approximate surface area is 110 Å². The summed E-state index contributed by atoms with van der Waals surface area (Å²) in [5.41, 5.74) is 0. The highest BCUT2D eigenvalue weighted by Gasteiger charge is 2.05. The minimum Gasteiger partial charge on any atom is -0.433 e. The van der Waals surface area contributed by atoms with Gasteiger partial charge in [-0.2, -0.15) is 0 Å². The second kappa shape index (κ2) is 5.66. The first-order valence-electron chi connectivity index (χ1n) is 5.30. The Morgan fingerprint density at radius 1 is 1.22 bits per heavy atom. The Morgan fingerprint density at radius 3 is 2.72 bits per heavy atom. The molecule has 92 valence electrons. The van der Waals surface area contributed by atoms with Crippen molar-refractivity contribution < 1.29 is 5.02 Å². The van der Waals surface area contributed by atoms with E-state index in [9.17, 15) is 5.02 Å². The average Bonchev–Trinajstić information content (AvgIpc) is 2.28. The van der Waals surface area contributed by atoms with Gasteiger partial charge in [0.2, 0.25) is 0 Å². The fourth-order valence-electron chi connectivity index (χ4n) is 1.33. The van der Waals surface area contributed by atoms with Gasteiger partial charge in [0.15, 0.2) is 0 Å². The minimum atomic E-state index is -0.666. The summed E-state index contributed by atoms with van der Waals surface area (Å²) in [5.74, 6) is 1.71. The Bertz CT molecular complexity index is 539. The monoisotopic (exact) mass is 263 g/mol. The number of nitrogens with zero attached hydrogens (tertiary/aromatic N) is 3. The number of halogens is 1. The number of anilines is 3. The van der Waals surface area contributed by atoms with Crippen LogP contribution in [0.3, 0.4) is 0 Å². The van der Waals surface area contributed by atoms with Crippen LogP contribution in [-0.4, -0.2) is 27.0 Å². The van der Waals surface area contributed by atoms with Crippen LogP contribution in [-0.2, 0) is 0 Å². The molecule has 0 saturated heterocycles. The van der Waals surface area contributed by atoms with E-state index in [4.69, 9.17) is 11.6 Å². The summed E-state index contributed by atoms with van der Waals surface area (Å²) in [7, 11) is -0.666. The van der Waals surface area contributed by atoms with Crippen molar-refractivity contribution in [3.63, 3.8) is 0 Å². The molecule has 2 heterocycles. The molecule has 0 radical (unpaired) electrons. The number of pyridine rings is 1. The van der Waals surface area contributed by atoms with Gasteiger partial charge in [-0.1, -0.05) is 17.7 Å². The van der Waals surface area contributed by atoms with Crippen LogP contribution >= 0.6 is 11.6 Å². The predicted octanol–water partition coefficient (Wildman–Crippen LogP) is 1.79. The first-order valence-corrected chi connectivity index (χ1v) is 5.67. The topological polar surface area (TPSA) is 83.0 Å². The van der Waals surface area contributed by atoms with Crippen molar-refractivity contribution in [3.8, 4) is 0 Å². The smallest absolute Gasteiger partial charge is 0.408 e. The molecule has 0 amide bonds. The van der Waals surface area contributed by atoms with Gasteiger partial charge in [-0.15, -0.1) is 0 Å². The number of rotatable bonds is 4. The fraction of sp³-hybridized carbons (Fsp3) is 0.100. The first-order chi connectivity index (χ1) is 8.63. The molecule has 2 rings (SSSR count). The van der Waals surface area contributed by atoms with E-state index >= 15 is 0 Å². The van der Waals surface area contributed by atoms with Crippen molar-refractivity contribution in [1.29, 1.82) is 0 Å². The van der Waals surface area contributed by atoms with Crippen LogP contribution in [0.2, 0.25) is 12.0 Å². The van der Waals surface area contributed by atoms with Crippen molar-refractivity contribution in [2.45, 2.75) is 6.82 Å². The van der Waals surface area contributed by atoms with Crippen LogP contribution in [0, 0.1) is 0 Å². The quantitative estimate of drug-likeness (QED) is 0.576. The molecule has 3 N–H and O–H groups in total. The van der Waals surface area contributed by atoms with Gasteiger partial charge < -0.3 is 15.6 Å². The maximum atomic E-state index is 9.21. The lowest BCUT2D eigenvalue weighted by Crippen LogP contribution is -2.20. The summed E-state index contributed by atoms with van der Waals surface area (Å²) < 4.78 is 0. The number of hydrogen-bond donors (Lipinski definition) is 3.